The zero-order valence-electron chi connectivity index (χ0n) is 15.3. The van der Waals surface area contributed by atoms with Crippen LogP contribution < -0.4 is 10.4 Å². The number of carbonyl (C=O) groups excluding carboxylic acids is 2. The highest BCUT2D eigenvalue weighted by Crippen LogP contribution is 2.26. The van der Waals surface area contributed by atoms with E-state index >= 15 is 0 Å². The molecule has 29 heavy (non-hydrogen) atoms. The van der Waals surface area contributed by atoms with Gasteiger partial charge in [-0.05, 0) is 41.8 Å². The van der Waals surface area contributed by atoms with Crippen molar-refractivity contribution in [2.75, 3.05) is 18.5 Å². The second kappa shape index (κ2) is 10.2. The molecular weight excluding hydrogens is 423 g/mol. The zero-order chi connectivity index (χ0) is 21.6. The van der Waals surface area contributed by atoms with Gasteiger partial charge in [0.1, 0.15) is 6.61 Å². The Hall–Kier alpha value is -2.68. The normalized spacial score (nSPS) is 11.7. The number of ether oxygens (including phenoxy) is 1. The summed E-state index contributed by atoms with van der Waals surface area (Å²) in [4.78, 5) is 33.7. The molecule has 0 bridgehead atoms. The van der Waals surface area contributed by atoms with Gasteiger partial charge in [-0.25, -0.2) is 0 Å². The lowest BCUT2D eigenvalue weighted by molar-refractivity contribution is -0.524. The summed E-state index contributed by atoms with van der Waals surface area (Å²) < 4.78 is 5.32. The van der Waals surface area contributed by atoms with Gasteiger partial charge in [0.2, 0.25) is 11.9 Å². The van der Waals surface area contributed by atoms with E-state index in [1.807, 2.05) is 0 Å². The minimum Gasteiger partial charge on any atom is -0.545 e. The molecule has 154 valence electrons. The number of rotatable bonds is 9. The summed E-state index contributed by atoms with van der Waals surface area (Å²) in [6.45, 7) is 1.20. The highest BCUT2D eigenvalue weighted by atomic mass is 35.5. The van der Waals surface area contributed by atoms with Crippen molar-refractivity contribution in [1.82, 2.24) is 0 Å². The lowest BCUT2D eigenvalue weighted by atomic mass is 10.0. The fraction of sp³-hybridized carbons (Fsp3) is 0.263. The summed E-state index contributed by atoms with van der Waals surface area (Å²) in [5.41, 5.74) is 0.782. The third-order valence-electron chi connectivity index (χ3n) is 4.09. The van der Waals surface area contributed by atoms with Gasteiger partial charge in [-0.15, -0.1) is 0 Å². The topological polar surface area (TPSA) is 122 Å². The standard InChI is InChI=1S/C19H18Cl2N2O6/c1-11(23(27)28)15-5-3-13(19(25)26)8-17(15)22-18(24)10-29-7-6-12-2-4-14(20)9-16(12)21/h2-5,8-9,11H,6-7,10H2,1H3,(H,22,24)(H,25,26)/p-1. The molecule has 10 heteroatoms. The Bertz CT molecular complexity index is 935. The minimum atomic E-state index is -1.46. The second-order valence-corrected chi connectivity index (χ2v) is 6.98. The highest BCUT2D eigenvalue weighted by Gasteiger charge is 2.21. The molecular formula is C19H17Cl2N2O6-. The molecule has 1 unspecified atom stereocenters. The first-order chi connectivity index (χ1) is 13.7. The molecule has 2 rings (SSSR count). The molecule has 2 aromatic carbocycles. The molecule has 0 aromatic heterocycles. The molecule has 0 fully saturated rings. The summed E-state index contributed by atoms with van der Waals surface area (Å²) in [6.07, 6.45) is 0.451. The summed E-state index contributed by atoms with van der Waals surface area (Å²) in [5, 5.41) is 25.6. The average molecular weight is 440 g/mol. The highest BCUT2D eigenvalue weighted by molar-refractivity contribution is 6.35. The van der Waals surface area contributed by atoms with Crippen molar-refractivity contribution in [2.45, 2.75) is 19.4 Å². The number of nitrogens with zero attached hydrogens (tertiary/aromatic N) is 1. The number of halogens is 2. The molecule has 2 aromatic rings. The number of benzene rings is 2. The molecule has 0 saturated heterocycles. The van der Waals surface area contributed by atoms with Gasteiger partial charge in [0.25, 0.3) is 0 Å². The number of nitrogens with one attached hydrogen (secondary N) is 1. The number of nitro groups is 1. The molecule has 0 aliphatic rings. The van der Waals surface area contributed by atoms with Crippen LogP contribution in [0, 0.1) is 10.1 Å². The van der Waals surface area contributed by atoms with Gasteiger partial charge in [0.05, 0.1) is 18.3 Å². The van der Waals surface area contributed by atoms with Crippen molar-refractivity contribution in [1.29, 1.82) is 0 Å². The molecule has 0 radical (unpaired) electrons. The minimum absolute atomic E-state index is 0.0187. The monoisotopic (exact) mass is 439 g/mol. The van der Waals surface area contributed by atoms with Crippen LogP contribution in [0.5, 0.6) is 0 Å². The van der Waals surface area contributed by atoms with Crippen molar-refractivity contribution in [3.8, 4) is 0 Å². The number of hydrogen-bond acceptors (Lipinski definition) is 6. The van der Waals surface area contributed by atoms with Gasteiger partial charge < -0.3 is 20.0 Å². The fourth-order valence-corrected chi connectivity index (χ4v) is 3.03. The van der Waals surface area contributed by atoms with E-state index in [0.29, 0.717) is 16.5 Å². The Balaban J connectivity index is 1.99. The summed E-state index contributed by atoms with van der Waals surface area (Å²) in [5.74, 6) is -2.05. The maximum Gasteiger partial charge on any atom is 0.250 e. The van der Waals surface area contributed by atoms with Gasteiger partial charge >= 0.3 is 0 Å². The van der Waals surface area contributed by atoms with Crippen molar-refractivity contribution >= 4 is 40.8 Å². The largest absolute Gasteiger partial charge is 0.545 e. The van der Waals surface area contributed by atoms with Crippen LogP contribution in [0.4, 0.5) is 5.69 Å². The van der Waals surface area contributed by atoms with Crippen LogP contribution in [0.15, 0.2) is 36.4 Å². The Morgan fingerprint density at radius 1 is 1.21 bits per heavy atom. The Kier molecular flexibility index (Phi) is 7.95. The maximum atomic E-state index is 12.1. The number of amides is 1. The third-order valence-corrected chi connectivity index (χ3v) is 4.68. The second-order valence-electron chi connectivity index (χ2n) is 6.14. The smallest absolute Gasteiger partial charge is 0.250 e. The van der Waals surface area contributed by atoms with E-state index in [-0.39, 0.29) is 30.0 Å². The van der Waals surface area contributed by atoms with Crippen molar-refractivity contribution in [2.24, 2.45) is 0 Å². The van der Waals surface area contributed by atoms with E-state index in [4.69, 9.17) is 27.9 Å². The van der Waals surface area contributed by atoms with Crippen LogP contribution in [-0.4, -0.2) is 30.0 Å². The summed E-state index contributed by atoms with van der Waals surface area (Å²) in [7, 11) is 0. The van der Waals surface area contributed by atoms with Gasteiger partial charge in [-0.2, -0.15) is 0 Å². The first kappa shape index (κ1) is 22.6. The van der Waals surface area contributed by atoms with Gasteiger partial charge in [0.15, 0.2) is 0 Å². The number of anilines is 1. The summed E-state index contributed by atoms with van der Waals surface area (Å²) in [6, 6.07) is 7.49. The number of carboxylic acid groups (broad SMARTS) is 1. The molecule has 0 saturated carbocycles. The van der Waals surface area contributed by atoms with Gasteiger partial charge in [-0.3, -0.25) is 14.9 Å². The lowest BCUT2D eigenvalue weighted by Gasteiger charge is -2.14. The van der Waals surface area contributed by atoms with Gasteiger partial charge in [-0.1, -0.05) is 35.3 Å². The molecule has 0 heterocycles. The van der Waals surface area contributed by atoms with Crippen molar-refractivity contribution < 1.29 is 24.4 Å². The number of aromatic carboxylic acids is 1. The molecule has 1 amide bonds. The van der Waals surface area contributed by atoms with E-state index in [2.05, 4.69) is 5.32 Å². The first-order valence-electron chi connectivity index (χ1n) is 8.49. The predicted molar refractivity (Wildman–Crippen MR) is 106 cm³/mol. The third kappa shape index (κ3) is 6.42. The van der Waals surface area contributed by atoms with E-state index in [1.54, 1.807) is 18.2 Å². The average Bonchev–Trinajstić information content (AvgIpc) is 2.65. The lowest BCUT2D eigenvalue weighted by Crippen LogP contribution is -2.24. The van der Waals surface area contributed by atoms with Crippen LogP contribution in [0.25, 0.3) is 0 Å². The molecule has 8 nitrogen and oxygen atoms in total. The van der Waals surface area contributed by atoms with E-state index < -0.39 is 22.8 Å². The number of carbonyl (C=O) groups is 2. The Morgan fingerprint density at radius 3 is 2.55 bits per heavy atom. The van der Waals surface area contributed by atoms with E-state index in [9.17, 15) is 24.8 Å². The van der Waals surface area contributed by atoms with Crippen LogP contribution in [0.2, 0.25) is 10.0 Å². The van der Waals surface area contributed by atoms with Crippen LogP contribution in [-0.2, 0) is 16.0 Å². The predicted octanol–water partition coefficient (Wildman–Crippen LogP) is 2.89. The van der Waals surface area contributed by atoms with Crippen molar-refractivity contribution in [3.63, 3.8) is 0 Å². The SMILES string of the molecule is CC(c1ccc(C(=O)[O-])cc1NC(=O)COCCc1ccc(Cl)cc1Cl)[N+](=O)[O-]. The Morgan fingerprint density at radius 2 is 1.93 bits per heavy atom. The molecule has 1 atom stereocenters. The quantitative estimate of drug-likeness (QED) is 0.364. The number of hydrogen-bond donors (Lipinski definition) is 1. The maximum absolute atomic E-state index is 12.1. The van der Waals surface area contributed by atoms with Gasteiger partial charge in [0, 0.05) is 27.5 Å². The summed E-state index contributed by atoms with van der Waals surface area (Å²) >= 11 is 11.9. The zero-order valence-corrected chi connectivity index (χ0v) is 16.8. The van der Waals surface area contributed by atoms with Crippen LogP contribution in [0.3, 0.4) is 0 Å². The first-order valence-corrected chi connectivity index (χ1v) is 9.25. The van der Waals surface area contributed by atoms with Crippen molar-refractivity contribution in [3.05, 3.63) is 73.2 Å². The van der Waals surface area contributed by atoms with E-state index in [1.165, 1.54) is 19.1 Å². The molecule has 0 aliphatic heterocycles. The molecule has 1 N–H and O–H groups in total. The molecule has 0 aliphatic carbocycles. The molecule has 0 spiro atoms. The fourth-order valence-electron chi connectivity index (χ4n) is 2.53. The van der Waals surface area contributed by atoms with E-state index in [0.717, 1.165) is 11.6 Å². The van der Waals surface area contributed by atoms with Crippen LogP contribution >= 0.6 is 23.2 Å². The Labute approximate surface area is 176 Å². The number of carboxylic acids is 1. The van der Waals surface area contributed by atoms with Crippen LogP contribution in [0.1, 0.15) is 34.5 Å².